The van der Waals surface area contributed by atoms with E-state index >= 15 is 0 Å². The minimum atomic E-state index is -5.08. The minimum Gasteiger partial charge on any atom is -0.475 e. The van der Waals surface area contributed by atoms with E-state index in [9.17, 15) is 18.0 Å². The number of halogens is 3. The van der Waals surface area contributed by atoms with Gasteiger partial charge in [0.1, 0.15) is 0 Å². The number of aromatic nitrogens is 1. The molecule has 2 fully saturated rings. The number of alkyl halides is 3. The van der Waals surface area contributed by atoms with Crippen molar-refractivity contribution in [2.24, 2.45) is 13.0 Å². The molecule has 1 aromatic rings. The molecule has 9 heteroatoms. The van der Waals surface area contributed by atoms with Crippen molar-refractivity contribution in [1.29, 1.82) is 0 Å². The van der Waals surface area contributed by atoms with Crippen molar-refractivity contribution in [1.82, 2.24) is 14.4 Å². The highest BCUT2D eigenvalue weighted by Gasteiger charge is 2.44. The summed E-state index contributed by atoms with van der Waals surface area (Å²) >= 11 is 0. The molecular formula is C22H34F3N3O3. The van der Waals surface area contributed by atoms with Gasteiger partial charge in [-0.3, -0.25) is 4.79 Å². The van der Waals surface area contributed by atoms with Crippen LogP contribution in [-0.2, 0) is 11.8 Å². The van der Waals surface area contributed by atoms with E-state index in [4.69, 9.17) is 9.90 Å². The van der Waals surface area contributed by atoms with Crippen LogP contribution in [-0.4, -0.2) is 69.2 Å². The average Bonchev–Trinajstić information content (AvgIpc) is 3.23. The van der Waals surface area contributed by atoms with Crippen LogP contribution in [0.4, 0.5) is 13.2 Å². The normalized spacial score (nSPS) is 22.4. The Morgan fingerprint density at radius 2 is 1.74 bits per heavy atom. The van der Waals surface area contributed by atoms with Gasteiger partial charge in [0, 0.05) is 38.1 Å². The Kier molecular flexibility index (Phi) is 8.57. The molecule has 0 bridgehead atoms. The van der Waals surface area contributed by atoms with Crippen LogP contribution in [0.1, 0.15) is 62.7 Å². The standard InChI is InChI=1S/C20H33N3O.C2HF3O2/c1-17(2)6-14-22-11-4-8-20(10-15-22)9-5-12-23(20)19(24)18-7-13-21(3)16-18;3-2(4,5)1(6)7/h7,13,16-17H,4-6,8-12,14-15H2,1-3H3;(H,6,7). The van der Waals surface area contributed by atoms with Gasteiger partial charge in [-0.15, -0.1) is 0 Å². The zero-order valence-electron chi connectivity index (χ0n) is 18.6. The molecule has 0 saturated carbocycles. The van der Waals surface area contributed by atoms with Gasteiger partial charge in [0.25, 0.3) is 5.91 Å². The molecule has 1 N–H and O–H groups in total. The molecule has 2 aliphatic rings. The number of hydrogen-bond acceptors (Lipinski definition) is 3. The number of aryl methyl sites for hydroxylation is 1. The van der Waals surface area contributed by atoms with Crippen LogP contribution in [0, 0.1) is 5.92 Å². The maximum atomic E-state index is 13.0. The van der Waals surface area contributed by atoms with Crippen molar-refractivity contribution < 1.29 is 27.9 Å². The molecule has 1 atom stereocenters. The summed E-state index contributed by atoms with van der Waals surface area (Å²) in [6, 6.07) is 1.96. The summed E-state index contributed by atoms with van der Waals surface area (Å²) in [4.78, 5) is 26.8. The van der Waals surface area contributed by atoms with Crippen LogP contribution >= 0.6 is 0 Å². The molecule has 1 spiro atoms. The zero-order chi connectivity index (χ0) is 23.2. The predicted octanol–water partition coefficient (Wildman–Crippen LogP) is 4.17. The third kappa shape index (κ3) is 6.98. The van der Waals surface area contributed by atoms with Crippen molar-refractivity contribution in [2.75, 3.05) is 26.2 Å². The van der Waals surface area contributed by atoms with Gasteiger partial charge in [-0.25, -0.2) is 4.79 Å². The Morgan fingerprint density at radius 3 is 2.26 bits per heavy atom. The maximum Gasteiger partial charge on any atom is 0.490 e. The first-order valence-electron chi connectivity index (χ1n) is 10.9. The van der Waals surface area contributed by atoms with Gasteiger partial charge in [0.15, 0.2) is 0 Å². The molecule has 31 heavy (non-hydrogen) atoms. The molecule has 1 unspecified atom stereocenters. The summed E-state index contributed by atoms with van der Waals surface area (Å²) < 4.78 is 33.7. The molecule has 2 aliphatic heterocycles. The monoisotopic (exact) mass is 445 g/mol. The quantitative estimate of drug-likeness (QED) is 0.756. The van der Waals surface area contributed by atoms with E-state index in [0.717, 1.165) is 37.4 Å². The number of aliphatic carboxylic acids is 1. The van der Waals surface area contributed by atoms with E-state index in [1.807, 2.05) is 30.1 Å². The summed E-state index contributed by atoms with van der Waals surface area (Å²) in [7, 11) is 1.98. The number of carbonyl (C=O) groups is 2. The van der Waals surface area contributed by atoms with E-state index in [1.54, 1.807) is 0 Å². The third-order valence-corrected chi connectivity index (χ3v) is 6.20. The van der Waals surface area contributed by atoms with Crippen LogP contribution < -0.4 is 0 Å². The lowest BCUT2D eigenvalue weighted by atomic mass is 9.87. The van der Waals surface area contributed by atoms with Gasteiger partial charge in [-0.1, -0.05) is 13.8 Å². The van der Waals surface area contributed by atoms with Gasteiger partial charge in [-0.2, -0.15) is 13.2 Å². The second-order valence-corrected chi connectivity index (χ2v) is 9.03. The Balaban J connectivity index is 0.000000423. The van der Waals surface area contributed by atoms with Crippen molar-refractivity contribution in [2.45, 2.75) is 64.1 Å². The largest absolute Gasteiger partial charge is 0.490 e. The van der Waals surface area contributed by atoms with Gasteiger partial charge in [0.2, 0.25) is 0 Å². The molecule has 0 radical (unpaired) electrons. The summed E-state index contributed by atoms with van der Waals surface area (Å²) in [6.07, 6.45) is 5.99. The van der Waals surface area contributed by atoms with Gasteiger partial charge in [0.05, 0.1) is 5.56 Å². The second kappa shape index (κ2) is 10.5. The Hall–Kier alpha value is -2.03. The lowest BCUT2D eigenvalue weighted by Crippen LogP contribution is -2.47. The lowest BCUT2D eigenvalue weighted by Gasteiger charge is -2.38. The Labute approximate surface area is 182 Å². The summed E-state index contributed by atoms with van der Waals surface area (Å²) in [6.45, 7) is 9.08. The highest BCUT2D eigenvalue weighted by molar-refractivity contribution is 5.94. The fourth-order valence-electron chi connectivity index (χ4n) is 4.46. The molecule has 176 valence electrons. The highest BCUT2D eigenvalue weighted by atomic mass is 19.4. The van der Waals surface area contributed by atoms with E-state index in [0.29, 0.717) is 0 Å². The molecule has 3 rings (SSSR count). The van der Waals surface area contributed by atoms with Crippen molar-refractivity contribution in [3.8, 4) is 0 Å². The minimum absolute atomic E-state index is 0.111. The molecule has 0 aromatic carbocycles. The lowest BCUT2D eigenvalue weighted by molar-refractivity contribution is -0.192. The zero-order valence-corrected chi connectivity index (χ0v) is 18.6. The molecule has 6 nitrogen and oxygen atoms in total. The Morgan fingerprint density at radius 1 is 1.13 bits per heavy atom. The first-order valence-corrected chi connectivity index (χ1v) is 10.9. The average molecular weight is 446 g/mol. The van der Waals surface area contributed by atoms with Crippen LogP contribution in [0.3, 0.4) is 0 Å². The van der Waals surface area contributed by atoms with Gasteiger partial charge >= 0.3 is 12.1 Å². The fourth-order valence-corrected chi connectivity index (χ4v) is 4.46. The molecular weight excluding hydrogens is 411 g/mol. The highest BCUT2D eigenvalue weighted by Crippen LogP contribution is 2.39. The summed E-state index contributed by atoms with van der Waals surface area (Å²) in [5.74, 6) is -1.75. The maximum absolute atomic E-state index is 13.0. The van der Waals surface area contributed by atoms with Crippen LogP contribution in [0.2, 0.25) is 0 Å². The van der Waals surface area contributed by atoms with E-state index in [2.05, 4.69) is 23.6 Å². The number of amides is 1. The summed E-state index contributed by atoms with van der Waals surface area (Å²) in [5, 5.41) is 7.12. The van der Waals surface area contributed by atoms with Crippen LogP contribution in [0.5, 0.6) is 0 Å². The smallest absolute Gasteiger partial charge is 0.475 e. The predicted molar refractivity (Wildman–Crippen MR) is 112 cm³/mol. The SMILES string of the molecule is CC(C)CCN1CCCC2(CCCN2C(=O)c2ccn(C)c2)CC1.O=C(O)C(F)(F)F. The molecule has 0 aliphatic carbocycles. The Bertz CT molecular complexity index is 748. The molecule has 1 aromatic heterocycles. The first kappa shape index (κ1) is 25.2. The van der Waals surface area contributed by atoms with E-state index in [-0.39, 0.29) is 11.4 Å². The number of carboxylic acids is 1. The number of carbonyl (C=O) groups excluding carboxylic acids is 1. The fraction of sp³-hybridized carbons (Fsp3) is 0.727. The van der Waals surface area contributed by atoms with Crippen molar-refractivity contribution >= 4 is 11.9 Å². The number of nitrogens with zero attached hydrogens (tertiary/aromatic N) is 3. The van der Waals surface area contributed by atoms with Gasteiger partial charge < -0.3 is 19.5 Å². The topological polar surface area (TPSA) is 65.8 Å². The number of rotatable bonds is 4. The van der Waals surface area contributed by atoms with Crippen LogP contribution in [0.15, 0.2) is 18.5 Å². The second-order valence-electron chi connectivity index (χ2n) is 9.03. The third-order valence-electron chi connectivity index (χ3n) is 6.20. The molecule has 3 heterocycles. The van der Waals surface area contributed by atoms with Crippen molar-refractivity contribution in [3.63, 3.8) is 0 Å². The molecule has 1 amide bonds. The summed E-state index contributed by atoms with van der Waals surface area (Å²) in [5.41, 5.74) is 0.958. The van der Waals surface area contributed by atoms with E-state index < -0.39 is 12.1 Å². The first-order chi connectivity index (χ1) is 14.4. The molecule has 2 saturated heterocycles. The number of likely N-dealkylation sites (tertiary alicyclic amines) is 2. The number of hydrogen-bond donors (Lipinski definition) is 1. The number of carboxylic acid groups (broad SMARTS) is 1. The van der Waals surface area contributed by atoms with Gasteiger partial charge in [-0.05, 0) is 63.6 Å². The van der Waals surface area contributed by atoms with Crippen LogP contribution in [0.25, 0.3) is 0 Å². The van der Waals surface area contributed by atoms with E-state index in [1.165, 1.54) is 38.8 Å². The van der Waals surface area contributed by atoms with Crippen molar-refractivity contribution in [3.05, 3.63) is 24.0 Å².